The Kier molecular flexibility index (Phi) is 7.90. The van der Waals surface area contributed by atoms with E-state index in [2.05, 4.69) is 20.5 Å². The maximum absolute atomic E-state index is 12.9. The van der Waals surface area contributed by atoms with E-state index in [0.29, 0.717) is 17.5 Å². The van der Waals surface area contributed by atoms with E-state index in [4.69, 9.17) is 4.74 Å². The molecule has 2 amide bonds. The van der Waals surface area contributed by atoms with Gasteiger partial charge in [-0.05, 0) is 60.9 Å². The predicted molar refractivity (Wildman–Crippen MR) is 154 cm³/mol. The van der Waals surface area contributed by atoms with E-state index in [1.54, 1.807) is 31.1 Å². The van der Waals surface area contributed by atoms with Crippen LogP contribution in [0.1, 0.15) is 28.8 Å². The third-order valence-corrected chi connectivity index (χ3v) is 7.36. The van der Waals surface area contributed by atoms with Crippen LogP contribution in [0.3, 0.4) is 0 Å². The number of amides is 2. The predicted octanol–water partition coefficient (Wildman–Crippen LogP) is 4.85. The number of nitrogens with zero attached hydrogens (tertiary/aromatic N) is 4. The van der Waals surface area contributed by atoms with Crippen LogP contribution >= 0.6 is 0 Å². The first-order valence-corrected chi connectivity index (χ1v) is 13.1. The van der Waals surface area contributed by atoms with Crippen molar-refractivity contribution in [1.82, 2.24) is 19.8 Å². The summed E-state index contributed by atoms with van der Waals surface area (Å²) in [6, 6.07) is 19.1. The highest BCUT2D eigenvalue weighted by Crippen LogP contribution is 2.29. The highest BCUT2D eigenvalue weighted by Gasteiger charge is 2.19. The molecule has 202 valence electrons. The average molecular weight is 527 g/mol. The molecule has 9 heteroatoms. The van der Waals surface area contributed by atoms with E-state index in [1.165, 1.54) is 5.56 Å². The Bertz CT molecular complexity index is 1460. The zero-order valence-electron chi connectivity index (χ0n) is 22.6. The Morgan fingerprint density at radius 2 is 1.77 bits per heavy atom. The summed E-state index contributed by atoms with van der Waals surface area (Å²) in [4.78, 5) is 33.8. The Hall–Kier alpha value is -4.21. The number of carbonyl (C=O) groups excluding carboxylic acids is 2. The summed E-state index contributed by atoms with van der Waals surface area (Å²) in [5.41, 5.74) is 4.42. The molecule has 1 saturated heterocycles. The summed E-state index contributed by atoms with van der Waals surface area (Å²) in [5, 5.41) is 6.52. The topological polar surface area (TPSA) is 91.7 Å². The molecule has 0 radical (unpaired) electrons. The minimum atomic E-state index is -0.202. The number of nitrogens with one attached hydrogen (secondary N) is 2. The molecule has 0 aliphatic carbocycles. The van der Waals surface area contributed by atoms with Crippen molar-refractivity contribution in [2.24, 2.45) is 0 Å². The number of carbonyl (C=O) groups is 2. The summed E-state index contributed by atoms with van der Waals surface area (Å²) < 4.78 is 7.04. The van der Waals surface area contributed by atoms with Gasteiger partial charge < -0.3 is 20.3 Å². The molecule has 0 spiro atoms. The first kappa shape index (κ1) is 26.4. The van der Waals surface area contributed by atoms with Crippen molar-refractivity contribution in [2.45, 2.75) is 25.5 Å². The molecular weight excluding hydrogens is 492 g/mol. The van der Waals surface area contributed by atoms with E-state index in [0.717, 1.165) is 54.8 Å². The van der Waals surface area contributed by atoms with Gasteiger partial charge in [-0.15, -0.1) is 0 Å². The van der Waals surface area contributed by atoms with Gasteiger partial charge in [0, 0.05) is 81.6 Å². The van der Waals surface area contributed by atoms with Gasteiger partial charge in [0.05, 0.1) is 11.6 Å². The monoisotopic (exact) mass is 526 g/mol. The van der Waals surface area contributed by atoms with Crippen LogP contribution in [0.2, 0.25) is 0 Å². The van der Waals surface area contributed by atoms with E-state index in [9.17, 15) is 9.59 Å². The molecule has 0 atom stereocenters. The van der Waals surface area contributed by atoms with Crippen molar-refractivity contribution < 1.29 is 14.3 Å². The second-order valence-corrected chi connectivity index (χ2v) is 9.80. The fourth-order valence-electron chi connectivity index (χ4n) is 4.99. The molecule has 1 aliphatic heterocycles. The number of rotatable bonds is 7. The zero-order valence-corrected chi connectivity index (χ0v) is 22.6. The zero-order chi connectivity index (χ0) is 27.4. The molecule has 3 heterocycles. The highest BCUT2D eigenvalue weighted by atomic mass is 16.5. The van der Waals surface area contributed by atoms with Crippen LogP contribution < -0.4 is 15.5 Å². The number of methoxy groups -OCH3 is 1. The number of ether oxygens (including phenoxy) is 1. The first-order valence-electron chi connectivity index (χ1n) is 13.1. The van der Waals surface area contributed by atoms with Gasteiger partial charge in [-0.2, -0.15) is 0 Å². The number of benzene rings is 2. The van der Waals surface area contributed by atoms with Crippen LogP contribution in [0, 0.1) is 0 Å². The lowest BCUT2D eigenvalue weighted by molar-refractivity contribution is 0.0388. The standard InChI is InChI=1S/C30H34N6O3/c1-31-30(38)36-17-11-23-18-24(8-9-27(23)36)34(2)25-10-14-32-28(19-25)33-29(37)22-6-4-21(5-7-22)20-35-15-12-26(39-3)13-16-35/h4-11,14,17-19,26H,12-13,15-16,20H2,1-3H3,(H,31,38)(H,32,33,37). The van der Waals surface area contributed by atoms with Gasteiger partial charge in [-0.3, -0.25) is 14.3 Å². The number of aromatic nitrogens is 2. The molecule has 1 fully saturated rings. The number of hydrogen-bond acceptors (Lipinski definition) is 6. The van der Waals surface area contributed by atoms with E-state index in [-0.39, 0.29) is 11.9 Å². The molecule has 39 heavy (non-hydrogen) atoms. The molecular formula is C30H34N6O3. The number of hydrogen-bond donors (Lipinski definition) is 2. The highest BCUT2D eigenvalue weighted by molar-refractivity contribution is 6.04. The largest absolute Gasteiger partial charge is 0.381 e. The molecule has 5 rings (SSSR count). The fraction of sp³-hybridized carbons (Fsp3) is 0.300. The molecule has 1 aliphatic rings. The van der Waals surface area contributed by atoms with Gasteiger partial charge in [0.2, 0.25) is 0 Å². The van der Waals surface area contributed by atoms with Gasteiger partial charge in [0.1, 0.15) is 5.82 Å². The van der Waals surface area contributed by atoms with Crippen LogP contribution in [-0.2, 0) is 11.3 Å². The number of likely N-dealkylation sites (tertiary alicyclic amines) is 1. The van der Waals surface area contributed by atoms with E-state index in [1.807, 2.05) is 72.6 Å². The third-order valence-electron chi connectivity index (χ3n) is 7.36. The van der Waals surface area contributed by atoms with Crippen LogP contribution in [0.25, 0.3) is 10.9 Å². The van der Waals surface area contributed by atoms with Gasteiger partial charge >= 0.3 is 6.03 Å². The SMILES string of the molecule is CNC(=O)n1ccc2cc(N(C)c3ccnc(NC(=O)c4ccc(CN5CCC(OC)CC5)cc4)c3)ccc21. The molecule has 2 N–H and O–H groups in total. The smallest absolute Gasteiger partial charge is 0.325 e. The Morgan fingerprint density at radius 1 is 1.03 bits per heavy atom. The maximum Gasteiger partial charge on any atom is 0.325 e. The number of piperidine rings is 1. The van der Waals surface area contributed by atoms with Crippen molar-refractivity contribution in [3.8, 4) is 0 Å². The molecule has 0 saturated carbocycles. The van der Waals surface area contributed by atoms with Crippen LogP contribution in [0.15, 0.2) is 73.1 Å². The summed E-state index contributed by atoms with van der Waals surface area (Å²) in [6.07, 6.45) is 5.91. The van der Waals surface area contributed by atoms with Crippen molar-refractivity contribution in [3.05, 3.63) is 84.2 Å². The summed E-state index contributed by atoms with van der Waals surface area (Å²) in [5.74, 6) is 0.271. The summed E-state index contributed by atoms with van der Waals surface area (Å²) in [6.45, 7) is 2.91. The quantitative estimate of drug-likeness (QED) is 0.358. The fourth-order valence-corrected chi connectivity index (χ4v) is 4.99. The Labute approximate surface area is 228 Å². The van der Waals surface area contributed by atoms with Gasteiger partial charge in [-0.25, -0.2) is 9.78 Å². The second-order valence-electron chi connectivity index (χ2n) is 9.80. The number of fused-ring (bicyclic) bond motifs is 1. The summed E-state index contributed by atoms with van der Waals surface area (Å²) in [7, 11) is 5.34. The van der Waals surface area contributed by atoms with Crippen molar-refractivity contribution >= 4 is 40.0 Å². The minimum absolute atomic E-state index is 0.183. The normalized spacial score (nSPS) is 14.3. The van der Waals surface area contributed by atoms with Crippen molar-refractivity contribution in [2.75, 3.05) is 44.5 Å². The second kappa shape index (κ2) is 11.7. The Balaban J connectivity index is 1.23. The van der Waals surface area contributed by atoms with Crippen LogP contribution in [-0.4, -0.2) is 66.8 Å². The molecule has 2 aromatic carbocycles. The van der Waals surface area contributed by atoms with E-state index < -0.39 is 0 Å². The van der Waals surface area contributed by atoms with Crippen LogP contribution in [0.4, 0.5) is 22.0 Å². The summed E-state index contributed by atoms with van der Waals surface area (Å²) >= 11 is 0. The minimum Gasteiger partial charge on any atom is -0.381 e. The molecule has 2 aromatic heterocycles. The van der Waals surface area contributed by atoms with Crippen molar-refractivity contribution in [3.63, 3.8) is 0 Å². The van der Waals surface area contributed by atoms with Gasteiger partial charge in [0.15, 0.2) is 0 Å². The lowest BCUT2D eigenvalue weighted by Crippen LogP contribution is -2.36. The maximum atomic E-state index is 12.9. The Morgan fingerprint density at radius 3 is 2.49 bits per heavy atom. The molecule has 0 unspecified atom stereocenters. The molecule has 0 bridgehead atoms. The number of anilines is 3. The lowest BCUT2D eigenvalue weighted by Gasteiger charge is -2.31. The van der Waals surface area contributed by atoms with Crippen LogP contribution in [0.5, 0.6) is 0 Å². The van der Waals surface area contributed by atoms with Crippen molar-refractivity contribution in [1.29, 1.82) is 0 Å². The van der Waals surface area contributed by atoms with E-state index >= 15 is 0 Å². The number of pyridine rings is 1. The van der Waals surface area contributed by atoms with Gasteiger partial charge in [-0.1, -0.05) is 12.1 Å². The first-order chi connectivity index (χ1) is 18.9. The average Bonchev–Trinajstić information content (AvgIpc) is 3.40. The lowest BCUT2D eigenvalue weighted by atomic mass is 10.1. The van der Waals surface area contributed by atoms with Gasteiger partial charge in [0.25, 0.3) is 5.91 Å². The molecule has 9 nitrogen and oxygen atoms in total. The third kappa shape index (κ3) is 5.94. The molecule has 4 aromatic rings.